The smallest absolute Gasteiger partial charge is 0.264 e. The highest BCUT2D eigenvalue weighted by Crippen LogP contribution is 2.20. The van der Waals surface area contributed by atoms with Crippen molar-refractivity contribution in [3.05, 3.63) is 57.8 Å². The number of hydrogen-bond acceptors (Lipinski definition) is 3. The number of aryl methyl sites for hydroxylation is 1. The number of nitrogens with zero attached hydrogens (tertiary/aromatic N) is 1. The fraction of sp³-hybridized carbons (Fsp3) is 0.389. The van der Waals surface area contributed by atoms with Crippen LogP contribution in [0.4, 0.5) is 0 Å². The van der Waals surface area contributed by atoms with E-state index in [-0.39, 0.29) is 12.0 Å². The largest absolute Gasteiger partial charge is 0.372 e. The van der Waals surface area contributed by atoms with E-state index >= 15 is 0 Å². The van der Waals surface area contributed by atoms with Crippen molar-refractivity contribution in [1.82, 2.24) is 4.90 Å². The SMILES string of the molecule is Cc1ccccc1COC1CCCN(C(=O)c2cccs2)C1. The Balaban J connectivity index is 1.57. The van der Waals surface area contributed by atoms with Gasteiger partial charge in [-0.15, -0.1) is 11.3 Å². The number of thiophene rings is 1. The van der Waals surface area contributed by atoms with E-state index in [9.17, 15) is 4.79 Å². The van der Waals surface area contributed by atoms with Gasteiger partial charge in [0.1, 0.15) is 0 Å². The monoisotopic (exact) mass is 315 g/mol. The number of ether oxygens (including phenoxy) is 1. The second kappa shape index (κ2) is 7.07. The molecule has 1 aliphatic heterocycles. The molecular formula is C18H21NO2S. The highest BCUT2D eigenvalue weighted by molar-refractivity contribution is 7.12. The zero-order valence-corrected chi connectivity index (χ0v) is 13.6. The molecule has 3 nitrogen and oxygen atoms in total. The van der Waals surface area contributed by atoms with Crippen LogP contribution in [0.5, 0.6) is 0 Å². The Morgan fingerprint density at radius 3 is 2.95 bits per heavy atom. The van der Waals surface area contributed by atoms with Crippen LogP contribution >= 0.6 is 11.3 Å². The second-order valence-corrected chi connectivity index (χ2v) is 6.68. The van der Waals surface area contributed by atoms with E-state index in [1.807, 2.05) is 34.5 Å². The average molecular weight is 315 g/mol. The van der Waals surface area contributed by atoms with E-state index in [4.69, 9.17) is 4.74 Å². The Morgan fingerprint density at radius 1 is 1.32 bits per heavy atom. The minimum Gasteiger partial charge on any atom is -0.372 e. The van der Waals surface area contributed by atoms with Gasteiger partial charge in [-0.25, -0.2) is 0 Å². The van der Waals surface area contributed by atoms with Crippen molar-refractivity contribution in [2.75, 3.05) is 13.1 Å². The van der Waals surface area contributed by atoms with Crippen molar-refractivity contribution in [3.8, 4) is 0 Å². The van der Waals surface area contributed by atoms with Crippen LogP contribution in [0.15, 0.2) is 41.8 Å². The third kappa shape index (κ3) is 3.57. The summed E-state index contributed by atoms with van der Waals surface area (Å²) in [6.45, 7) is 4.26. The molecule has 1 fully saturated rings. The normalized spacial score (nSPS) is 18.4. The highest BCUT2D eigenvalue weighted by Gasteiger charge is 2.25. The second-order valence-electron chi connectivity index (χ2n) is 5.73. The van der Waals surface area contributed by atoms with Crippen molar-refractivity contribution >= 4 is 17.2 Å². The molecular weight excluding hydrogens is 294 g/mol. The summed E-state index contributed by atoms with van der Waals surface area (Å²) < 4.78 is 6.06. The van der Waals surface area contributed by atoms with Crippen LogP contribution < -0.4 is 0 Å². The number of benzene rings is 1. The van der Waals surface area contributed by atoms with Crippen LogP contribution in [0.25, 0.3) is 0 Å². The lowest BCUT2D eigenvalue weighted by molar-refractivity contribution is -0.00675. The van der Waals surface area contributed by atoms with Crippen LogP contribution in [0.1, 0.15) is 33.6 Å². The van der Waals surface area contributed by atoms with Crippen molar-refractivity contribution in [2.45, 2.75) is 32.5 Å². The topological polar surface area (TPSA) is 29.5 Å². The Morgan fingerprint density at radius 2 is 2.18 bits per heavy atom. The van der Waals surface area contributed by atoms with Gasteiger partial charge in [0.25, 0.3) is 5.91 Å². The van der Waals surface area contributed by atoms with Crippen molar-refractivity contribution in [2.24, 2.45) is 0 Å². The van der Waals surface area contributed by atoms with Gasteiger partial charge in [-0.1, -0.05) is 30.3 Å². The number of likely N-dealkylation sites (tertiary alicyclic amines) is 1. The molecule has 1 aliphatic rings. The summed E-state index contributed by atoms with van der Waals surface area (Å²) in [4.78, 5) is 15.2. The third-order valence-corrected chi connectivity index (χ3v) is 4.99. The van der Waals surface area contributed by atoms with Crippen LogP contribution in [-0.4, -0.2) is 30.0 Å². The van der Waals surface area contributed by atoms with Crippen LogP contribution in [0.2, 0.25) is 0 Å². The molecule has 1 saturated heterocycles. The summed E-state index contributed by atoms with van der Waals surface area (Å²) in [6, 6.07) is 12.1. The minimum absolute atomic E-state index is 0.136. The van der Waals surface area contributed by atoms with E-state index in [0.717, 1.165) is 24.3 Å². The van der Waals surface area contributed by atoms with Gasteiger partial charge in [0.05, 0.1) is 17.6 Å². The molecule has 1 aromatic carbocycles. The molecule has 0 saturated carbocycles. The van der Waals surface area contributed by atoms with E-state index in [1.54, 1.807) is 0 Å². The molecule has 0 radical (unpaired) electrons. The van der Waals surface area contributed by atoms with Crippen LogP contribution in [-0.2, 0) is 11.3 Å². The van der Waals surface area contributed by atoms with Gasteiger partial charge in [-0.05, 0) is 42.3 Å². The van der Waals surface area contributed by atoms with Gasteiger partial charge in [0.2, 0.25) is 0 Å². The van der Waals surface area contributed by atoms with Gasteiger partial charge in [0.15, 0.2) is 0 Å². The first-order valence-electron chi connectivity index (χ1n) is 7.73. The van der Waals surface area contributed by atoms with Crippen molar-refractivity contribution in [3.63, 3.8) is 0 Å². The molecule has 2 aromatic rings. The fourth-order valence-electron chi connectivity index (χ4n) is 2.79. The molecule has 22 heavy (non-hydrogen) atoms. The molecule has 1 atom stereocenters. The van der Waals surface area contributed by atoms with Crippen molar-refractivity contribution in [1.29, 1.82) is 0 Å². The Labute approximate surface area is 135 Å². The van der Waals surface area contributed by atoms with E-state index in [1.165, 1.54) is 22.5 Å². The summed E-state index contributed by atoms with van der Waals surface area (Å²) in [6.07, 6.45) is 2.17. The number of amides is 1. The van der Waals surface area contributed by atoms with Gasteiger partial charge >= 0.3 is 0 Å². The summed E-state index contributed by atoms with van der Waals surface area (Å²) >= 11 is 1.51. The number of rotatable bonds is 4. The summed E-state index contributed by atoms with van der Waals surface area (Å²) in [5, 5.41) is 1.95. The third-order valence-electron chi connectivity index (χ3n) is 4.13. The zero-order chi connectivity index (χ0) is 15.4. The molecule has 2 heterocycles. The lowest BCUT2D eigenvalue weighted by Gasteiger charge is -2.32. The molecule has 1 unspecified atom stereocenters. The molecule has 0 aliphatic carbocycles. The first-order chi connectivity index (χ1) is 10.7. The van der Waals surface area contributed by atoms with Gasteiger partial charge < -0.3 is 9.64 Å². The summed E-state index contributed by atoms with van der Waals surface area (Å²) in [5.74, 6) is 0.138. The molecule has 0 N–H and O–H groups in total. The molecule has 4 heteroatoms. The van der Waals surface area contributed by atoms with Gasteiger partial charge in [0, 0.05) is 13.1 Å². The number of hydrogen-bond donors (Lipinski definition) is 0. The number of piperidine rings is 1. The van der Waals surface area contributed by atoms with Crippen LogP contribution in [0, 0.1) is 6.92 Å². The Kier molecular flexibility index (Phi) is 4.90. The quantitative estimate of drug-likeness (QED) is 0.857. The van der Waals surface area contributed by atoms with Gasteiger partial charge in [-0.3, -0.25) is 4.79 Å². The molecule has 1 amide bonds. The molecule has 3 rings (SSSR count). The average Bonchev–Trinajstić information content (AvgIpc) is 3.08. The Bertz CT molecular complexity index is 624. The summed E-state index contributed by atoms with van der Waals surface area (Å²) in [5.41, 5.74) is 2.48. The lowest BCUT2D eigenvalue weighted by Crippen LogP contribution is -2.43. The highest BCUT2D eigenvalue weighted by atomic mass is 32.1. The zero-order valence-electron chi connectivity index (χ0n) is 12.8. The fourth-order valence-corrected chi connectivity index (χ4v) is 3.49. The standard InChI is InChI=1S/C18H21NO2S/c1-14-6-2-3-7-15(14)13-21-16-8-4-10-19(12-16)18(20)17-9-5-11-22-17/h2-3,5-7,9,11,16H,4,8,10,12-13H2,1H3. The minimum atomic E-state index is 0.136. The molecule has 1 aromatic heterocycles. The van der Waals surface area contributed by atoms with Crippen molar-refractivity contribution < 1.29 is 9.53 Å². The van der Waals surface area contributed by atoms with Crippen LogP contribution in [0.3, 0.4) is 0 Å². The lowest BCUT2D eigenvalue weighted by atomic mass is 10.1. The molecule has 116 valence electrons. The van der Waals surface area contributed by atoms with E-state index in [0.29, 0.717) is 13.2 Å². The van der Waals surface area contributed by atoms with Gasteiger partial charge in [-0.2, -0.15) is 0 Å². The number of carbonyl (C=O) groups excluding carboxylic acids is 1. The Hall–Kier alpha value is -1.65. The maximum atomic E-state index is 12.4. The molecule has 0 spiro atoms. The predicted octanol–water partition coefficient (Wildman–Crippen LogP) is 3.88. The number of carbonyl (C=O) groups is 1. The molecule has 0 bridgehead atoms. The predicted molar refractivity (Wildman–Crippen MR) is 89.2 cm³/mol. The van der Waals surface area contributed by atoms with E-state index < -0.39 is 0 Å². The first-order valence-corrected chi connectivity index (χ1v) is 8.61. The maximum Gasteiger partial charge on any atom is 0.264 e. The summed E-state index contributed by atoms with van der Waals surface area (Å²) in [7, 11) is 0. The first kappa shape index (κ1) is 15.3. The maximum absolute atomic E-state index is 12.4. The van der Waals surface area contributed by atoms with E-state index in [2.05, 4.69) is 19.1 Å².